The summed E-state index contributed by atoms with van der Waals surface area (Å²) in [6.07, 6.45) is 7.85. The van der Waals surface area contributed by atoms with Crippen molar-refractivity contribution >= 4 is 0 Å². The standard InChI is InChI=1S/C12H27NO/c1-4-5-10-13(2)11-8-6-7-9-12-14-3/h4-12H2,1-3H3. The van der Waals surface area contributed by atoms with E-state index >= 15 is 0 Å². The van der Waals surface area contributed by atoms with Crippen LogP contribution in [0.15, 0.2) is 0 Å². The van der Waals surface area contributed by atoms with E-state index in [-0.39, 0.29) is 0 Å². The summed E-state index contributed by atoms with van der Waals surface area (Å²) < 4.78 is 5.01. The van der Waals surface area contributed by atoms with Gasteiger partial charge in [0.15, 0.2) is 0 Å². The molecule has 0 atom stereocenters. The summed E-state index contributed by atoms with van der Waals surface area (Å²) in [4.78, 5) is 2.44. The van der Waals surface area contributed by atoms with Crippen LogP contribution in [0.3, 0.4) is 0 Å². The summed E-state index contributed by atoms with van der Waals surface area (Å²) in [5, 5.41) is 0. The van der Waals surface area contributed by atoms with E-state index in [1.54, 1.807) is 7.11 Å². The number of hydrogen-bond acceptors (Lipinski definition) is 2. The van der Waals surface area contributed by atoms with Crippen LogP contribution >= 0.6 is 0 Å². The summed E-state index contributed by atoms with van der Waals surface area (Å²) in [6.45, 7) is 5.69. The maximum atomic E-state index is 5.01. The second kappa shape index (κ2) is 11.0. The molecule has 86 valence electrons. The summed E-state index contributed by atoms with van der Waals surface area (Å²) in [6, 6.07) is 0. The van der Waals surface area contributed by atoms with Crippen molar-refractivity contribution in [2.75, 3.05) is 33.9 Å². The molecule has 0 radical (unpaired) electrons. The Morgan fingerprint density at radius 2 is 1.57 bits per heavy atom. The molecule has 2 nitrogen and oxygen atoms in total. The third kappa shape index (κ3) is 10.0. The molecular formula is C12H27NO. The van der Waals surface area contributed by atoms with Crippen molar-refractivity contribution in [1.29, 1.82) is 0 Å². The van der Waals surface area contributed by atoms with Gasteiger partial charge in [0.25, 0.3) is 0 Å². The van der Waals surface area contributed by atoms with Crippen molar-refractivity contribution in [2.45, 2.75) is 45.4 Å². The minimum absolute atomic E-state index is 0.922. The molecule has 0 unspecified atom stereocenters. The highest BCUT2D eigenvalue weighted by atomic mass is 16.5. The Bertz CT molecular complexity index is 106. The summed E-state index contributed by atoms with van der Waals surface area (Å²) in [7, 11) is 4.00. The Morgan fingerprint density at radius 3 is 2.21 bits per heavy atom. The molecule has 0 bridgehead atoms. The second-order valence-electron chi connectivity index (χ2n) is 4.06. The fourth-order valence-electron chi connectivity index (χ4n) is 1.52. The van der Waals surface area contributed by atoms with E-state index in [2.05, 4.69) is 18.9 Å². The average Bonchev–Trinajstić information content (AvgIpc) is 2.20. The fraction of sp³-hybridized carbons (Fsp3) is 1.00. The molecule has 0 amide bonds. The van der Waals surface area contributed by atoms with Crippen molar-refractivity contribution in [1.82, 2.24) is 4.90 Å². The van der Waals surface area contributed by atoms with Gasteiger partial charge in [-0.05, 0) is 39.4 Å². The highest BCUT2D eigenvalue weighted by molar-refractivity contribution is 4.52. The molecule has 0 spiro atoms. The normalized spacial score (nSPS) is 11.1. The Kier molecular flexibility index (Phi) is 10.9. The van der Waals surface area contributed by atoms with Gasteiger partial charge in [0, 0.05) is 13.7 Å². The Labute approximate surface area is 89.6 Å². The lowest BCUT2D eigenvalue weighted by Gasteiger charge is -2.15. The Morgan fingerprint density at radius 1 is 0.929 bits per heavy atom. The van der Waals surface area contributed by atoms with E-state index in [9.17, 15) is 0 Å². The molecule has 0 aliphatic carbocycles. The zero-order valence-corrected chi connectivity index (χ0v) is 10.2. The van der Waals surface area contributed by atoms with Crippen LogP contribution in [-0.4, -0.2) is 38.8 Å². The van der Waals surface area contributed by atoms with E-state index in [1.165, 1.54) is 51.6 Å². The zero-order valence-electron chi connectivity index (χ0n) is 10.2. The van der Waals surface area contributed by atoms with E-state index in [1.807, 2.05) is 0 Å². The van der Waals surface area contributed by atoms with Crippen LogP contribution in [0.4, 0.5) is 0 Å². The largest absolute Gasteiger partial charge is 0.385 e. The highest BCUT2D eigenvalue weighted by Gasteiger charge is 1.96. The molecule has 0 aromatic carbocycles. The molecule has 0 aromatic rings. The molecule has 0 heterocycles. The third-order valence-corrected chi connectivity index (χ3v) is 2.53. The van der Waals surface area contributed by atoms with Gasteiger partial charge in [-0.25, -0.2) is 0 Å². The maximum Gasteiger partial charge on any atom is 0.0462 e. The number of nitrogens with zero attached hydrogens (tertiary/aromatic N) is 1. The monoisotopic (exact) mass is 201 g/mol. The molecule has 0 saturated carbocycles. The first-order valence-corrected chi connectivity index (χ1v) is 5.98. The predicted molar refractivity (Wildman–Crippen MR) is 62.7 cm³/mol. The van der Waals surface area contributed by atoms with Gasteiger partial charge in [-0.2, -0.15) is 0 Å². The SMILES string of the molecule is CCCCN(C)CCCCCCOC. The lowest BCUT2D eigenvalue weighted by Crippen LogP contribution is -2.20. The van der Waals surface area contributed by atoms with Crippen LogP contribution < -0.4 is 0 Å². The van der Waals surface area contributed by atoms with Gasteiger partial charge in [-0.15, -0.1) is 0 Å². The van der Waals surface area contributed by atoms with Crippen LogP contribution in [0.25, 0.3) is 0 Å². The van der Waals surface area contributed by atoms with Crippen LogP contribution in [0.1, 0.15) is 45.4 Å². The molecule has 0 saturated heterocycles. The zero-order chi connectivity index (χ0) is 10.6. The summed E-state index contributed by atoms with van der Waals surface area (Å²) in [5.41, 5.74) is 0. The Balaban J connectivity index is 3.02. The van der Waals surface area contributed by atoms with Gasteiger partial charge in [0.2, 0.25) is 0 Å². The molecule has 0 fully saturated rings. The minimum atomic E-state index is 0.922. The molecule has 0 N–H and O–H groups in total. The topological polar surface area (TPSA) is 12.5 Å². The van der Waals surface area contributed by atoms with Gasteiger partial charge in [-0.1, -0.05) is 26.2 Å². The maximum absolute atomic E-state index is 5.01. The molecule has 0 aliphatic heterocycles. The molecule has 0 rings (SSSR count). The number of rotatable bonds is 10. The molecule has 0 aliphatic rings. The average molecular weight is 201 g/mol. The Hall–Kier alpha value is -0.0800. The molecule has 0 aromatic heterocycles. The van der Waals surface area contributed by atoms with E-state index in [0.29, 0.717) is 0 Å². The highest BCUT2D eigenvalue weighted by Crippen LogP contribution is 2.01. The quantitative estimate of drug-likeness (QED) is 0.504. The lowest BCUT2D eigenvalue weighted by atomic mass is 10.2. The van der Waals surface area contributed by atoms with Crippen LogP contribution in [0.2, 0.25) is 0 Å². The lowest BCUT2D eigenvalue weighted by molar-refractivity contribution is 0.191. The number of unbranched alkanes of at least 4 members (excludes halogenated alkanes) is 4. The minimum Gasteiger partial charge on any atom is -0.385 e. The van der Waals surface area contributed by atoms with Crippen LogP contribution in [0, 0.1) is 0 Å². The smallest absolute Gasteiger partial charge is 0.0462 e. The molecule has 2 heteroatoms. The van der Waals surface area contributed by atoms with Crippen LogP contribution in [0.5, 0.6) is 0 Å². The van der Waals surface area contributed by atoms with E-state index in [0.717, 1.165) is 6.61 Å². The summed E-state index contributed by atoms with van der Waals surface area (Å²) in [5.74, 6) is 0. The van der Waals surface area contributed by atoms with Gasteiger partial charge < -0.3 is 9.64 Å². The van der Waals surface area contributed by atoms with Crippen molar-refractivity contribution < 1.29 is 4.74 Å². The first-order valence-electron chi connectivity index (χ1n) is 5.98. The van der Waals surface area contributed by atoms with Crippen molar-refractivity contribution in [3.8, 4) is 0 Å². The number of methoxy groups -OCH3 is 1. The van der Waals surface area contributed by atoms with E-state index in [4.69, 9.17) is 4.74 Å². The van der Waals surface area contributed by atoms with Gasteiger partial charge in [0.1, 0.15) is 0 Å². The molecule has 14 heavy (non-hydrogen) atoms. The number of ether oxygens (including phenoxy) is 1. The van der Waals surface area contributed by atoms with Crippen molar-refractivity contribution in [2.24, 2.45) is 0 Å². The predicted octanol–water partition coefficient (Wildman–Crippen LogP) is 2.93. The van der Waals surface area contributed by atoms with Crippen molar-refractivity contribution in [3.63, 3.8) is 0 Å². The third-order valence-electron chi connectivity index (χ3n) is 2.53. The van der Waals surface area contributed by atoms with Crippen LogP contribution in [-0.2, 0) is 4.74 Å². The van der Waals surface area contributed by atoms with E-state index < -0.39 is 0 Å². The summed E-state index contributed by atoms with van der Waals surface area (Å²) >= 11 is 0. The van der Waals surface area contributed by atoms with Gasteiger partial charge >= 0.3 is 0 Å². The van der Waals surface area contributed by atoms with Crippen molar-refractivity contribution in [3.05, 3.63) is 0 Å². The number of hydrogen-bond donors (Lipinski definition) is 0. The van der Waals surface area contributed by atoms with Gasteiger partial charge in [-0.3, -0.25) is 0 Å². The van der Waals surface area contributed by atoms with Gasteiger partial charge in [0.05, 0.1) is 0 Å². The second-order valence-corrected chi connectivity index (χ2v) is 4.06. The first kappa shape index (κ1) is 13.9. The first-order chi connectivity index (χ1) is 6.81. The molecular weight excluding hydrogens is 174 g/mol. The fourth-order valence-corrected chi connectivity index (χ4v) is 1.52.